The van der Waals surface area contributed by atoms with Crippen molar-refractivity contribution < 1.29 is 4.74 Å². The zero-order valence-corrected chi connectivity index (χ0v) is 13.7. The third kappa shape index (κ3) is 2.11. The van der Waals surface area contributed by atoms with Gasteiger partial charge in [0, 0.05) is 31.9 Å². The number of halogens is 1. The number of hydrogen-bond acceptors (Lipinski definition) is 6. The molecule has 2 aliphatic heterocycles. The lowest BCUT2D eigenvalue weighted by molar-refractivity contribution is -0.0231. The van der Waals surface area contributed by atoms with E-state index >= 15 is 0 Å². The highest BCUT2D eigenvalue weighted by Crippen LogP contribution is 2.36. The average molecular weight is 400 g/mol. The van der Waals surface area contributed by atoms with Crippen molar-refractivity contribution in [3.8, 4) is 0 Å². The predicted molar refractivity (Wildman–Crippen MR) is 86.2 cm³/mol. The third-order valence-corrected chi connectivity index (χ3v) is 5.42. The summed E-state index contributed by atoms with van der Waals surface area (Å²) in [5, 5.41) is 8.15. The number of fused-ring (bicyclic) bond motifs is 1. The summed E-state index contributed by atoms with van der Waals surface area (Å²) in [6.07, 6.45) is 6.44. The van der Waals surface area contributed by atoms with Crippen molar-refractivity contribution in [1.82, 2.24) is 19.6 Å². The molecule has 2 aliphatic rings. The second-order valence-electron chi connectivity index (χ2n) is 5.73. The SMILES string of the molecule is N[C@@H]1CCOC12CCN(c1ncc(I)c3nncn13)CC2. The van der Waals surface area contributed by atoms with Gasteiger partial charge in [-0.1, -0.05) is 0 Å². The van der Waals surface area contributed by atoms with Crippen LogP contribution in [0.5, 0.6) is 0 Å². The van der Waals surface area contributed by atoms with E-state index in [0.717, 1.165) is 54.1 Å². The predicted octanol–water partition coefficient (Wildman–Crippen LogP) is 0.815. The molecule has 7 nitrogen and oxygen atoms in total. The van der Waals surface area contributed by atoms with Gasteiger partial charge < -0.3 is 15.4 Å². The van der Waals surface area contributed by atoms with Crippen molar-refractivity contribution in [2.75, 3.05) is 24.6 Å². The van der Waals surface area contributed by atoms with E-state index in [1.54, 1.807) is 6.33 Å². The Bertz CT molecular complexity index is 666. The summed E-state index contributed by atoms with van der Waals surface area (Å²) in [4.78, 5) is 6.84. The van der Waals surface area contributed by atoms with Gasteiger partial charge in [0.1, 0.15) is 6.33 Å². The molecule has 0 saturated carbocycles. The minimum absolute atomic E-state index is 0.119. The van der Waals surface area contributed by atoms with Crippen molar-refractivity contribution in [3.63, 3.8) is 0 Å². The molecule has 0 aliphatic carbocycles. The largest absolute Gasteiger partial charge is 0.373 e. The van der Waals surface area contributed by atoms with E-state index in [2.05, 4.69) is 42.7 Å². The quantitative estimate of drug-likeness (QED) is 0.714. The highest BCUT2D eigenvalue weighted by atomic mass is 127. The first-order valence-electron chi connectivity index (χ1n) is 7.18. The molecule has 21 heavy (non-hydrogen) atoms. The molecule has 2 saturated heterocycles. The number of ether oxygens (including phenoxy) is 1. The number of rotatable bonds is 1. The van der Waals surface area contributed by atoms with Crippen molar-refractivity contribution >= 4 is 34.2 Å². The lowest BCUT2D eigenvalue weighted by atomic mass is 9.85. The molecule has 0 aromatic carbocycles. The summed E-state index contributed by atoms with van der Waals surface area (Å²) in [5.41, 5.74) is 6.97. The standard InChI is InChI=1S/C13H17IN6O/c14-9-7-16-12(20-8-17-18-11(9)20)19-4-2-13(3-5-19)10(15)1-6-21-13/h7-8,10H,1-6,15H2/t10-/m1/s1. The minimum atomic E-state index is -0.119. The molecule has 112 valence electrons. The maximum Gasteiger partial charge on any atom is 0.212 e. The van der Waals surface area contributed by atoms with Crippen LogP contribution in [-0.2, 0) is 4.74 Å². The lowest BCUT2D eigenvalue weighted by Gasteiger charge is -2.41. The van der Waals surface area contributed by atoms with Crippen LogP contribution >= 0.6 is 22.6 Å². The summed E-state index contributed by atoms with van der Waals surface area (Å²) in [5.74, 6) is 0.900. The average Bonchev–Trinajstić information content (AvgIpc) is 3.10. The number of aromatic nitrogens is 4. The molecule has 2 aromatic heterocycles. The highest BCUT2D eigenvalue weighted by molar-refractivity contribution is 14.1. The normalized spacial score (nSPS) is 25.0. The van der Waals surface area contributed by atoms with Gasteiger partial charge in [-0.05, 0) is 41.9 Å². The summed E-state index contributed by atoms with van der Waals surface area (Å²) in [6, 6.07) is 0.166. The van der Waals surface area contributed by atoms with Gasteiger partial charge in [-0.3, -0.25) is 4.40 Å². The summed E-state index contributed by atoms with van der Waals surface area (Å²) in [7, 11) is 0. The Labute approximate surface area is 136 Å². The van der Waals surface area contributed by atoms with Crippen molar-refractivity contribution in [2.45, 2.75) is 30.9 Å². The first kappa shape index (κ1) is 13.6. The smallest absolute Gasteiger partial charge is 0.212 e. The number of nitrogens with zero attached hydrogens (tertiary/aromatic N) is 5. The van der Waals surface area contributed by atoms with Gasteiger partial charge in [-0.15, -0.1) is 10.2 Å². The molecule has 1 spiro atoms. The summed E-state index contributed by atoms with van der Waals surface area (Å²) >= 11 is 2.23. The molecule has 1 atom stereocenters. The number of hydrogen-bond donors (Lipinski definition) is 1. The van der Waals surface area contributed by atoms with E-state index in [1.807, 2.05) is 10.6 Å². The Hall–Kier alpha value is -1.00. The Balaban J connectivity index is 1.61. The van der Waals surface area contributed by atoms with E-state index in [-0.39, 0.29) is 11.6 Å². The van der Waals surface area contributed by atoms with Gasteiger partial charge in [-0.2, -0.15) is 0 Å². The number of anilines is 1. The highest BCUT2D eigenvalue weighted by Gasteiger charge is 2.44. The van der Waals surface area contributed by atoms with Crippen LogP contribution in [0, 0.1) is 3.57 Å². The van der Waals surface area contributed by atoms with Gasteiger partial charge >= 0.3 is 0 Å². The Kier molecular flexibility index (Phi) is 3.27. The second-order valence-corrected chi connectivity index (χ2v) is 6.89. The van der Waals surface area contributed by atoms with Crippen molar-refractivity contribution in [1.29, 1.82) is 0 Å². The Morgan fingerprint density at radius 3 is 2.90 bits per heavy atom. The number of nitrogens with two attached hydrogens (primary N) is 1. The molecular weight excluding hydrogens is 383 g/mol. The van der Waals surface area contributed by atoms with Crippen LogP contribution in [0.15, 0.2) is 12.5 Å². The molecule has 0 bridgehead atoms. The zero-order valence-electron chi connectivity index (χ0n) is 11.6. The molecular formula is C13H17IN6O. The number of piperidine rings is 1. The molecule has 0 unspecified atom stereocenters. The first-order valence-corrected chi connectivity index (χ1v) is 8.26. The van der Waals surface area contributed by atoms with Gasteiger partial charge in [0.25, 0.3) is 0 Å². The second kappa shape index (κ2) is 5.03. The molecule has 0 amide bonds. The topological polar surface area (TPSA) is 81.6 Å². The van der Waals surface area contributed by atoms with E-state index in [0.29, 0.717) is 0 Å². The van der Waals surface area contributed by atoms with E-state index in [4.69, 9.17) is 10.5 Å². The molecule has 0 radical (unpaired) electrons. The van der Waals surface area contributed by atoms with Crippen LogP contribution in [-0.4, -0.2) is 50.9 Å². The molecule has 2 N–H and O–H groups in total. The monoisotopic (exact) mass is 400 g/mol. The van der Waals surface area contributed by atoms with Gasteiger partial charge in [0.05, 0.1) is 9.17 Å². The third-order valence-electron chi connectivity index (χ3n) is 4.66. The molecule has 4 rings (SSSR count). The van der Waals surface area contributed by atoms with Crippen LogP contribution in [0.1, 0.15) is 19.3 Å². The van der Waals surface area contributed by atoms with Crippen molar-refractivity contribution in [3.05, 3.63) is 16.1 Å². The molecule has 4 heterocycles. The van der Waals surface area contributed by atoms with Crippen LogP contribution in [0.25, 0.3) is 5.65 Å². The van der Waals surface area contributed by atoms with E-state index in [9.17, 15) is 0 Å². The maximum atomic E-state index is 6.24. The van der Waals surface area contributed by atoms with Crippen LogP contribution < -0.4 is 10.6 Å². The first-order chi connectivity index (χ1) is 10.2. The van der Waals surface area contributed by atoms with E-state index < -0.39 is 0 Å². The minimum Gasteiger partial charge on any atom is -0.373 e. The molecule has 8 heteroatoms. The fourth-order valence-electron chi connectivity index (χ4n) is 3.37. The van der Waals surface area contributed by atoms with Crippen molar-refractivity contribution in [2.24, 2.45) is 5.73 Å². The van der Waals surface area contributed by atoms with Gasteiger partial charge in [-0.25, -0.2) is 4.98 Å². The zero-order chi connectivity index (χ0) is 14.4. The molecule has 2 aromatic rings. The van der Waals surface area contributed by atoms with Gasteiger partial charge in [0.2, 0.25) is 5.95 Å². The fourth-order valence-corrected chi connectivity index (χ4v) is 3.88. The fraction of sp³-hybridized carbons (Fsp3) is 0.615. The summed E-state index contributed by atoms with van der Waals surface area (Å²) < 4.78 is 8.92. The van der Waals surface area contributed by atoms with Crippen LogP contribution in [0.4, 0.5) is 5.95 Å². The van der Waals surface area contributed by atoms with Crippen LogP contribution in [0.3, 0.4) is 0 Å². The Morgan fingerprint density at radius 2 is 2.19 bits per heavy atom. The van der Waals surface area contributed by atoms with Crippen LogP contribution in [0.2, 0.25) is 0 Å². The van der Waals surface area contributed by atoms with E-state index in [1.165, 1.54) is 0 Å². The summed E-state index contributed by atoms with van der Waals surface area (Å²) in [6.45, 7) is 2.59. The van der Waals surface area contributed by atoms with Gasteiger partial charge in [0.15, 0.2) is 5.65 Å². The lowest BCUT2D eigenvalue weighted by Crippen LogP contribution is -2.53. The molecule has 2 fully saturated rings. The Morgan fingerprint density at radius 1 is 1.38 bits per heavy atom. The maximum absolute atomic E-state index is 6.24.